The van der Waals surface area contributed by atoms with Crippen molar-refractivity contribution in [2.45, 2.75) is 85.5 Å². The summed E-state index contributed by atoms with van der Waals surface area (Å²) in [6, 6.07) is 1.55. The molecule has 0 aliphatic carbocycles. The van der Waals surface area contributed by atoms with E-state index in [0.717, 1.165) is 18.4 Å². The van der Waals surface area contributed by atoms with Crippen LogP contribution in [0, 0.1) is 24.2 Å². The van der Waals surface area contributed by atoms with Crippen molar-refractivity contribution in [3.8, 4) is 11.8 Å². The summed E-state index contributed by atoms with van der Waals surface area (Å²) < 4.78 is 4.80. The second-order valence-electron chi connectivity index (χ2n) is 8.65. The molecular weight excluding hydrogens is 370 g/mol. The second-order valence-corrected chi connectivity index (χ2v) is 9.06. The van der Waals surface area contributed by atoms with Crippen molar-refractivity contribution in [1.82, 2.24) is 0 Å². The minimum atomic E-state index is -0.426. The smallest absolute Gasteiger partial charge is 0.338 e. The zero-order valence-electron chi connectivity index (χ0n) is 18.2. The van der Waals surface area contributed by atoms with Crippen molar-refractivity contribution in [1.29, 1.82) is 0 Å². The molecule has 1 aromatic rings. The van der Waals surface area contributed by atoms with E-state index in [1.807, 2.05) is 6.92 Å². The van der Waals surface area contributed by atoms with Gasteiger partial charge in [-0.2, -0.15) is 0 Å². The highest BCUT2D eigenvalue weighted by Crippen LogP contribution is 2.29. The van der Waals surface area contributed by atoms with Crippen LogP contribution in [0.25, 0.3) is 0 Å². The number of carbonyl (C=O) groups is 1. The number of ether oxygens (including phenoxy) is 1. The normalized spacial score (nSPS) is 11.1. The van der Waals surface area contributed by atoms with Gasteiger partial charge in [-0.3, -0.25) is 0 Å². The Morgan fingerprint density at radius 2 is 1.68 bits per heavy atom. The monoisotopic (exact) mass is 405 g/mol. The van der Waals surface area contributed by atoms with Gasteiger partial charge in [0.1, 0.15) is 0 Å². The molecule has 0 saturated carbocycles. The largest absolute Gasteiger partial charge is 0.465 e. The van der Waals surface area contributed by atoms with Gasteiger partial charge in [-0.05, 0) is 36.8 Å². The summed E-state index contributed by atoms with van der Waals surface area (Å²) >= 11 is 6.15. The third kappa shape index (κ3) is 8.57. The molecule has 0 unspecified atom stereocenters. The van der Waals surface area contributed by atoms with Crippen molar-refractivity contribution in [2.75, 3.05) is 12.8 Å². The van der Waals surface area contributed by atoms with Gasteiger partial charge in [-0.1, -0.05) is 82.7 Å². The summed E-state index contributed by atoms with van der Waals surface area (Å²) in [4.78, 5) is 11.9. The molecule has 1 rings (SSSR count). The fourth-order valence-corrected chi connectivity index (χ4v) is 3.36. The SMILES string of the molecule is COC(=O)c1cc(Cl)c(N)c(C#CCCCCCCCCCC(C)(C)C)c1C. The topological polar surface area (TPSA) is 52.3 Å². The summed E-state index contributed by atoms with van der Waals surface area (Å²) in [5.41, 5.74) is 8.70. The molecule has 0 spiro atoms. The third-order valence-electron chi connectivity index (χ3n) is 4.92. The van der Waals surface area contributed by atoms with Crippen LogP contribution >= 0.6 is 11.6 Å². The molecule has 0 radical (unpaired) electrons. The van der Waals surface area contributed by atoms with Crippen LogP contribution in [0.5, 0.6) is 0 Å². The number of halogens is 1. The van der Waals surface area contributed by atoms with Gasteiger partial charge >= 0.3 is 5.97 Å². The molecule has 4 heteroatoms. The maximum Gasteiger partial charge on any atom is 0.338 e. The Kier molecular flexibility index (Phi) is 10.5. The van der Waals surface area contributed by atoms with Gasteiger partial charge < -0.3 is 10.5 Å². The van der Waals surface area contributed by atoms with Gasteiger partial charge in [-0.25, -0.2) is 4.79 Å². The Morgan fingerprint density at radius 3 is 2.25 bits per heavy atom. The van der Waals surface area contributed by atoms with E-state index < -0.39 is 5.97 Å². The number of methoxy groups -OCH3 is 1. The molecule has 0 aliphatic heterocycles. The molecule has 0 heterocycles. The van der Waals surface area contributed by atoms with Crippen LogP contribution in [0.4, 0.5) is 5.69 Å². The molecule has 3 nitrogen and oxygen atoms in total. The Balaban J connectivity index is 2.40. The standard InChI is InChI=1S/C24H36ClNO2/c1-18-19(22(26)21(25)17-20(18)23(27)28-5)15-13-11-9-7-6-8-10-12-14-16-24(2,3)4/h17H,6-12,14,16,26H2,1-5H3. The number of rotatable bonds is 9. The van der Waals surface area contributed by atoms with Crippen molar-refractivity contribution < 1.29 is 9.53 Å². The van der Waals surface area contributed by atoms with E-state index in [1.54, 1.807) is 6.07 Å². The molecule has 0 atom stereocenters. The number of esters is 1. The Bertz CT molecular complexity index is 708. The molecule has 1 aromatic carbocycles. The first kappa shape index (κ1) is 24.4. The minimum absolute atomic E-state index is 0.335. The van der Waals surface area contributed by atoms with Gasteiger partial charge in [0, 0.05) is 6.42 Å². The van der Waals surface area contributed by atoms with E-state index in [-0.39, 0.29) is 0 Å². The molecule has 0 saturated heterocycles. The highest BCUT2D eigenvalue weighted by Gasteiger charge is 2.16. The first-order valence-corrected chi connectivity index (χ1v) is 10.7. The predicted octanol–water partition coefficient (Wildman–Crippen LogP) is 6.93. The highest BCUT2D eigenvalue weighted by atomic mass is 35.5. The molecule has 2 N–H and O–H groups in total. The Labute approximate surface area is 176 Å². The molecule has 0 bridgehead atoms. The van der Waals surface area contributed by atoms with Crippen molar-refractivity contribution in [2.24, 2.45) is 5.41 Å². The maximum absolute atomic E-state index is 11.9. The van der Waals surface area contributed by atoms with Crippen molar-refractivity contribution in [3.05, 3.63) is 27.8 Å². The lowest BCUT2D eigenvalue weighted by Gasteiger charge is -2.17. The van der Waals surface area contributed by atoms with E-state index >= 15 is 0 Å². The first-order chi connectivity index (χ1) is 13.2. The van der Waals surface area contributed by atoms with Crippen LogP contribution in [0.3, 0.4) is 0 Å². The lowest BCUT2D eigenvalue weighted by Crippen LogP contribution is -2.07. The van der Waals surface area contributed by atoms with E-state index in [9.17, 15) is 4.79 Å². The molecule has 0 aromatic heterocycles. The minimum Gasteiger partial charge on any atom is -0.465 e. The van der Waals surface area contributed by atoms with Gasteiger partial charge in [0.15, 0.2) is 0 Å². The zero-order valence-corrected chi connectivity index (χ0v) is 19.0. The average molecular weight is 406 g/mol. The molecule has 0 aliphatic rings. The van der Waals surface area contributed by atoms with Crippen LogP contribution in [-0.4, -0.2) is 13.1 Å². The Morgan fingerprint density at radius 1 is 1.11 bits per heavy atom. The number of benzene rings is 1. The summed E-state index contributed by atoms with van der Waals surface area (Å²) in [6.07, 6.45) is 11.0. The van der Waals surface area contributed by atoms with Gasteiger partial charge in [0.2, 0.25) is 0 Å². The number of carbonyl (C=O) groups excluding carboxylic acids is 1. The molecule has 0 fully saturated rings. The van der Waals surface area contributed by atoms with E-state index in [0.29, 0.717) is 27.3 Å². The molecular formula is C24H36ClNO2. The molecule has 156 valence electrons. The van der Waals surface area contributed by atoms with Crippen molar-refractivity contribution in [3.63, 3.8) is 0 Å². The van der Waals surface area contributed by atoms with Gasteiger partial charge in [-0.15, -0.1) is 0 Å². The summed E-state index contributed by atoms with van der Waals surface area (Å²) in [7, 11) is 1.35. The summed E-state index contributed by atoms with van der Waals surface area (Å²) in [5, 5.41) is 0.335. The zero-order chi connectivity index (χ0) is 21.2. The molecule has 28 heavy (non-hydrogen) atoms. The number of hydrogen-bond acceptors (Lipinski definition) is 3. The number of unbranched alkanes of at least 4 members (excludes halogenated alkanes) is 7. The average Bonchev–Trinajstić information content (AvgIpc) is 2.63. The van der Waals surface area contributed by atoms with Crippen molar-refractivity contribution >= 4 is 23.3 Å². The maximum atomic E-state index is 11.9. The highest BCUT2D eigenvalue weighted by molar-refractivity contribution is 6.33. The quantitative estimate of drug-likeness (QED) is 0.210. The van der Waals surface area contributed by atoms with E-state index in [2.05, 4.69) is 32.6 Å². The fourth-order valence-electron chi connectivity index (χ4n) is 3.16. The van der Waals surface area contributed by atoms with Crippen LogP contribution < -0.4 is 5.73 Å². The van der Waals surface area contributed by atoms with Crippen LogP contribution in [0.15, 0.2) is 6.07 Å². The van der Waals surface area contributed by atoms with Crippen LogP contribution in [-0.2, 0) is 4.74 Å². The first-order valence-electron chi connectivity index (χ1n) is 10.3. The molecule has 0 amide bonds. The number of hydrogen-bond donors (Lipinski definition) is 1. The summed E-state index contributed by atoms with van der Waals surface area (Å²) in [5.74, 6) is 5.86. The fraction of sp³-hybridized carbons (Fsp3) is 0.625. The van der Waals surface area contributed by atoms with E-state index in [1.165, 1.54) is 52.1 Å². The number of anilines is 1. The summed E-state index contributed by atoms with van der Waals surface area (Å²) in [6.45, 7) is 8.75. The van der Waals surface area contributed by atoms with Crippen LogP contribution in [0.2, 0.25) is 5.02 Å². The number of nitrogens with two attached hydrogens (primary N) is 1. The lowest BCUT2D eigenvalue weighted by atomic mass is 9.89. The van der Waals surface area contributed by atoms with Gasteiger partial charge in [0.05, 0.1) is 28.9 Å². The number of nitrogen functional groups attached to an aromatic ring is 1. The Hall–Kier alpha value is -1.66. The predicted molar refractivity (Wildman–Crippen MR) is 120 cm³/mol. The second kappa shape index (κ2) is 12.0. The van der Waals surface area contributed by atoms with E-state index in [4.69, 9.17) is 22.1 Å². The lowest BCUT2D eigenvalue weighted by molar-refractivity contribution is 0.0600. The van der Waals surface area contributed by atoms with Crippen LogP contribution in [0.1, 0.15) is 100 Å². The third-order valence-corrected chi connectivity index (χ3v) is 5.24. The van der Waals surface area contributed by atoms with Gasteiger partial charge in [0.25, 0.3) is 0 Å².